The maximum atomic E-state index is 6.43. The van der Waals surface area contributed by atoms with E-state index in [1.54, 1.807) is 0 Å². The molecule has 0 saturated heterocycles. The second-order valence-corrected chi connectivity index (χ2v) is 17.6. The normalized spacial score (nSPS) is 15.8. The maximum absolute atomic E-state index is 6.43. The minimum absolute atomic E-state index is 0.592. The molecule has 4 nitrogen and oxygen atoms in total. The van der Waals surface area contributed by atoms with E-state index in [1.165, 1.54) is 87.5 Å². The first kappa shape index (κ1) is 30.8. The van der Waals surface area contributed by atoms with Crippen molar-refractivity contribution in [3.8, 4) is 11.1 Å². The van der Waals surface area contributed by atoms with Crippen LogP contribution in [0, 0.1) is 0 Å². The molecule has 0 N–H and O–H groups in total. The Kier molecular flexibility index (Phi) is 7.99. The fourth-order valence-electron chi connectivity index (χ4n) is 8.41. The molecule has 0 bridgehead atoms. The highest BCUT2D eigenvalue weighted by molar-refractivity contribution is 7.81. The molecule has 0 radical (unpaired) electrons. The third kappa shape index (κ3) is 4.97. The van der Waals surface area contributed by atoms with Gasteiger partial charge in [-0.2, -0.15) is 0 Å². The van der Waals surface area contributed by atoms with Crippen LogP contribution < -0.4 is 31.8 Å². The van der Waals surface area contributed by atoms with E-state index in [0.717, 1.165) is 0 Å². The first-order valence-electron chi connectivity index (χ1n) is 17.4. The van der Waals surface area contributed by atoms with Gasteiger partial charge in [-0.05, 0) is 103 Å². The van der Waals surface area contributed by atoms with Crippen molar-refractivity contribution >= 4 is 47.7 Å². The van der Waals surface area contributed by atoms with E-state index in [9.17, 15) is 0 Å². The van der Waals surface area contributed by atoms with Gasteiger partial charge in [-0.3, -0.25) is 0 Å². The Hall–Kier alpha value is -3.98. The molecule has 0 aromatic heterocycles. The molecule has 0 unspecified atom stereocenters. The van der Waals surface area contributed by atoms with Gasteiger partial charge in [0, 0.05) is 0 Å². The van der Waals surface area contributed by atoms with Crippen molar-refractivity contribution in [1.82, 2.24) is 0 Å². The van der Waals surface area contributed by atoms with Gasteiger partial charge in [-0.15, -0.1) is 0 Å². The van der Waals surface area contributed by atoms with Crippen molar-refractivity contribution in [3.63, 3.8) is 0 Å². The first-order valence-corrected chi connectivity index (χ1v) is 20.1. The molecule has 0 spiro atoms. The monoisotopic (exact) mass is 690 g/mol. The molecule has 4 heterocycles. The molecule has 6 heteroatoms. The predicted octanol–water partition coefficient (Wildman–Crippen LogP) is 6.99. The van der Waals surface area contributed by atoms with Crippen LogP contribution in [0.15, 0.2) is 121 Å². The van der Waals surface area contributed by atoms with E-state index in [1.807, 2.05) is 0 Å². The van der Waals surface area contributed by atoms with E-state index in [4.69, 9.17) is 18.9 Å². The average molecular weight is 691 g/mol. The largest absolute Gasteiger partial charge is 0.372 e. The zero-order chi connectivity index (χ0) is 33.0. The molecule has 0 amide bonds. The SMILES string of the molecule is c1ccc(P(c2ccccc2)c2c3c(c4c(c2-c2c5c(c6c(c2P(c2ccccc2)c2ccccc2)COC6)COC5)COC4)COC3)cc1. The van der Waals surface area contributed by atoms with Gasteiger partial charge in [0.1, 0.15) is 0 Å². The van der Waals surface area contributed by atoms with Crippen LogP contribution in [0.2, 0.25) is 0 Å². The zero-order valence-corrected chi connectivity index (χ0v) is 29.5. The molecule has 4 aliphatic rings. The Balaban J connectivity index is 1.38. The third-order valence-electron chi connectivity index (χ3n) is 10.6. The lowest BCUT2D eigenvalue weighted by molar-refractivity contribution is 0.126. The first-order chi connectivity index (χ1) is 24.9. The summed E-state index contributed by atoms with van der Waals surface area (Å²) >= 11 is 0. The van der Waals surface area contributed by atoms with Gasteiger partial charge in [0.25, 0.3) is 0 Å². The van der Waals surface area contributed by atoms with Crippen molar-refractivity contribution < 1.29 is 18.9 Å². The number of fused-ring (bicyclic) bond motifs is 6. The summed E-state index contributed by atoms with van der Waals surface area (Å²) in [7, 11) is -1.91. The molecule has 50 heavy (non-hydrogen) atoms. The van der Waals surface area contributed by atoms with E-state index in [0.29, 0.717) is 52.9 Å². The number of benzene rings is 6. The van der Waals surface area contributed by atoms with Crippen LogP contribution in [0.3, 0.4) is 0 Å². The summed E-state index contributed by atoms with van der Waals surface area (Å²) in [5, 5.41) is 8.20. The lowest BCUT2D eigenvalue weighted by Crippen LogP contribution is -2.31. The van der Waals surface area contributed by atoms with Crippen molar-refractivity contribution in [2.45, 2.75) is 52.9 Å². The Labute approximate surface area is 295 Å². The van der Waals surface area contributed by atoms with E-state index in [-0.39, 0.29) is 0 Å². The molecular formula is C44H36O4P2. The van der Waals surface area contributed by atoms with Crippen molar-refractivity contribution in [1.29, 1.82) is 0 Å². The Morgan fingerprint density at radius 3 is 0.820 bits per heavy atom. The van der Waals surface area contributed by atoms with Gasteiger partial charge in [0.15, 0.2) is 0 Å². The second-order valence-electron chi connectivity index (χ2n) is 13.3. The van der Waals surface area contributed by atoms with Crippen molar-refractivity contribution in [3.05, 3.63) is 166 Å². The fourth-order valence-corrected chi connectivity index (χ4v) is 13.8. The summed E-state index contributed by atoms with van der Waals surface area (Å²) in [6, 6.07) is 44.6. The summed E-state index contributed by atoms with van der Waals surface area (Å²) in [5.74, 6) is 0. The predicted molar refractivity (Wildman–Crippen MR) is 203 cm³/mol. The zero-order valence-electron chi connectivity index (χ0n) is 27.7. The molecule has 4 aliphatic heterocycles. The Morgan fingerprint density at radius 2 is 0.520 bits per heavy atom. The standard InChI is InChI=1S/C44H36O4P2/c1-5-13-29(14-6-1)49(30-15-7-2-8-16-30)43-39-27-47-23-35(39)33-21-45-25-37(33)41(43)42-38-26-46-22-34(38)36-24-48-28-40(36)44(42)50(31-17-9-3-10-18-31)32-19-11-4-12-20-32/h1-20H,21-28H2. The number of hydrogen-bond donors (Lipinski definition) is 0. The Bertz CT molecular complexity index is 1980. The molecule has 0 saturated carbocycles. The van der Waals surface area contributed by atoms with Crippen LogP contribution in [-0.2, 0) is 71.8 Å². The van der Waals surface area contributed by atoms with Crippen LogP contribution in [0.4, 0.5) is 0 Å². The summed E-state index contributed by atoms with van der Waals surface area (Å²) in [5.41, 5.74) is 13.4. The average Bonchev–Trinajstić information content (AvgIpc) is 4.01. The van der Waals surface area contributed by atoms with Crippen LogP contribution in [-0.4, -0.2) is 0 Å². The summed E-state index contributed by atoms with van der Waals surface area (Å²) in [4.78, 5) is 0. The minimum Gasteiger partial charge on any atom is -0.372 e. The molecule has 0 atom stereocenters. The molecule has 6 aromatic carbocycles. The lowest BCUT2D eigenvalue weighted by Gasteiger charge is -2.32. The van der Waals surface area contributed by atoms with Crippen LogP contribution in [0.1, 0.15) is 44.5 Å². The number of rotatable bonds is 7. The highest BCUT2D eigenvalue weighted by atomic mass is 31.1. The Morgan fingerprint density at radius 1 is 0.280 bits per heavy atom. The van der Waals surface area contributed by atoms with Crippen molar-refractivity contribution in [2.24, 2.45) is 0 Å². The maximum Gasteiger partial charge on any atom is 0.0731 e. The molecule has 0 aliphatic carbocycles. The highest BCUT2D eigenvalue weighted by Gasteiger charge is 2.40. The van der Waals surface area contributed by atoms with Crippen LogP contribution in [0.25, 0.3) is 11.1 Å². The molecule has 6 aromatic rings. The number of hydrogen-bond acceptors (Lipinski definition) is 4. The van der Waals surface area contributed by atoms with E-state index >= 15 is 0 Å². The van der Waals surface area contributed by atoms with E-state index < -0.39 is 15.8 Å². The molecular weight excluding hydrogens is 654 g/mol. The van der Waals surface area contributed by atoms with Gasteiger partial charge in [0.2, 0.25) is 0 Å². The molecule has 10 rings (SSSR count). The third-order valence-corrected chi connectivity index (χ3v) is 15.7. The minimum atomic E-state index is -0.953. The smallest absolute Gasteiger partial charge is 0.0731 e. The summed E-state index contributed by atoms with van der Waals surface area (Å²) < 4.78 is 25.6. The highest BCUT2D eigenvalue weighted by Crippen LogP contribution is 2.51. The second kappa shape index (κ2) is 13.0. The summed E-state index contributed by atoms with van der Waals surface area (Å²) in [6.07, 6.45) is 0. The molecule has 246 valence electrons. The van der Waals surface area contributed by atoms with Gasteiger partial charge >= 0.3 is 0 Å². The topological polar surface area (TPSA) is 36.9 Å². The van der Waals surface area contributed by atoms with Gasteiger partial charge in [0.05, 0.1) is 52.9 Å². The summed E-state index contributed by atoms with van der Waals surface area (Å²) in [6.45, 7) is 4.91. The van der Waals surface area contributed by atoms with Gasteiger partial charge < -0.3 is 18.9 Å². The van der Waals surface area contributed by atoms with Crippen LogP contribution in [0.5, 0.6) is 0 Å². The number of ether oxygens (including phenoxy) is 4. The van der Waals surface area contributed by atoms with E-state index in [2.05, 4.69) is 121 Å². The van der Waals surface area contributed by atoms with Crippen LogP contribution >= 0.6 is 15.8 Å². The molecule has 0 fully saturated rings. The van der Waals surface area contributed by atoms with Crippen molar-refractivity contribution in [2.75, 3.05) is 0 Å². The van der Waals surface area contributed by atoms with Gasteiger partial charge in [-0.25, -0.2) is 0 Å². The fraction of sp³-hybridized carbons (Fsp3) is 0.182. The quantitative estimate of drug-likeness (QED) is 0.169. The van der Waals surface area contributed by atoms with Gasteiger partial charge in [-0.1, -0.05) is 121 Å². The lowest BCUT2D eigenvalue weighted by atomic mass is 9.85.